The van der Waals surface area contributed by atoms with Gasteiger partial charge in [-0.05, 0) is 36.8 Å². The number of rotatable bonds is 4. The highest BCUT2D eigenvalue weighted by Gasteiger charge is 2.32. The van der Waals surface area contributed by atoms with Crippen LogP contribution < -0.4 is 15.0 Å². The lowest BCUT2D eigenvalue weighted by molar-refractivity contribution is -0.554. The van der Waals surface area contributed by atoms with Gasteiger partial charge in [-0.2, -0.15) is 8.42 Å². The summed E-state index contributed by atoms with van der Waals surface area (Å²) >= 11 is 15.1. The minimum absolute atomic E-state index is 0.0854. The largest absolute Gasteiger partial charge is 0.494 e. The van der Waals surface area contributed by atoms with Gasteiger partial charge >= 0.3 is 15.9 Å². The molecule has 0 aliphatic rings. The topological polar surface area (TPSA) is 122 Å². The van der Waals surface area contributed by atoms with E-state index in [1.54, 1.807) is 19.1 Å². The number of benzene rings is 1. The normalized spacial score (nSPS) is 12.1. The van der Waals surface area contributed by atoms with Gasteiger partial charge in [-0.15, -0.1) is 12.6 Å². The van der Waals surface area contributed by atoms with Gasteiger partial charge in [0.1, 0.15) is 4.90 Å². The number of nitrogens with zero attached hydrogens (tertiary/aromatic N) is 3. The van der Waals surface area contributed by atoms with Gasteiger partial charge in [-0.1, -0.05) is 11.6 Å². The molecule has 2 aromatic heterocycles. The molecule has 0 unspecified atom stereocenters. The third-order valence-electron chi connectivity index (χ3n) is 4.44. The van der Waals surface area contributed by atoms with Gasteiger partial charge in [0, 0.05) is 41.8 Å². The summed E-state index contributed by atoms with van der Waals surface area (Å²) in [5.41, 5.74) is 0.103. The lowest BCUT2D eigenvalue weighted by Crippen LogP contribution is -2.46. The molecule has 9 nitrogen and oxygen atoms in total. The van der Waals surface area contributed by atoms with Crippen molar-refractivity contribution >= 4 is 58.0 Å². The van der Waals surface area contributed by atoms with Crippen LogP contribution in [-0.2, 0) is 10.0 Å². The molecule has 0 fully saturated rings. The number of sulfonamides is 1. The molecular weight excluding hydrogens is 494 g/mol. The average Bonchev–Trinajstić information content (AvgIpc) is 2.69. The Labute approximate surface area is 199 Å². The Balaban J connectivity index is 2.33. The summed E-state index contributed by atoms with van der Waals surface area (Å²) in [6.07, 6.45) is 3.03. The van der Waals surface area contributed by atoms with Crippen LogP contribution in [0.2, 0.25) is 5.02 Å². The maximum absolute atomic E-state index is 13.2. The Bertz CT molecular complexity index is 1450. The lowest BCUT2D eigenvalue weighted by atomic mass is 10.2. The Hall–Kier alpha value is -2.67. The van der Waals surface area contributed by atoms with Crippen LogP contribution in [0.15, 0.2) is 55.6 Å². The molecule has 32 heavy (non-hydrogen) atoms. The molecule has 0 aliphatic carbocycles. The van der Waals surface area contributed by atoms with Crippen molar-refractivity contribution in [3.05, 3.63) is 67.9 Å². The fraction of sp³-hybridized carbons (Fsp3) is 0.158. The quantitative estimate of drug-likeness (QED) is 0.140. The first-order valence-electron chi connectivity index (χ1n) is 8.99. The highest BCUT2D eigenvalue weighted by atomic mass is 35.5. The molecule has 0 bridgehead atoms. The van der Waals surface area contributed by atoms with Gasteiger partial charge in [-0.25, -0.2) is 4.57 Å². The molecule has 0 amide bonds. The maximum Gasteiger partial charge on any atom is 0.371 e. The molecular formula is C19H19ClN5O4S3+. The van der Waals surface area contributed by atoms with Gasteiger partial charge in [-0.3, -0.25) is 9.78 Å². The molecule has 3 aromatic rings. The first-order chi connectivity index (χ1) is 14.9. The van der Waals surface area contributed by atoms with Crippen LogP contribution >= 0.6 is 36.4 Å². The number of hydrogen-bond acceptors (Lipinski definition) is 7. The van der Waals surface area contributed by atoms with E-state index in [-0.39, 0.29) is 20.4 Å². The number of aryl methyl sites for hydroxylation is 1. The van der Waals surface area contributed by atoms with Crippen LogP contribution in [0.3, 0.4) is 0 Å². The summed E-state index contributed by atoms with van der Waals surface area (Å²) in [4.78, 5) is 19.1. The number of halogens is 1. The number of aromatic hydroxyl groups is 1. The number of nitrogens with one attached hydrogen (secondary N) is 2. The number of aromatic amines is 2. The first kappa shape index (κ1) is 24.0. The van der Waals surface area contributed by atoms with Crippen molar-refractivity contribution in [2.75, 3.05) is 19.0 Å². The van der Waals surface area contributed by atoms with Crippen LogP contribution in [0.25, 0.3) is 0 Å². The molecule has 2 heterocycles. The summed E-state index contributed by atoms with van der Waals surface area (Å²) in [5, 5.41) is 10.7. The third-order valence-corrected chi connectivity index (χ3v) is 6.88. The standard InChI is InChI=1S/C19H18ClN5O4S3/c1-10-8-14(13(30)9-12(10)20)32(28,29)23-16(15-17(26)21-19(31)22-18(15)27)25-6-4-11(5-7-25)24(2)3/h4-9H,1-3H3,(H3-,21,22,23,26,27,30,31)/p+1. The van der Waals surface area contributed by atoms with E-state index in [1.807, 2.05) is 19.0 Å². The van der Waals surface area contributed by atoms with E-state index >= 15 is 0 Å². The fourth-order valence-corrected chi connectivity index (χ4v) is 4.91. The smallest absolute Gasteiger partial charge is 0.371 e. The molecule has 168 valence electrons. The monoisotopic (exact) mass is 512 g/mol. The van der Waals surface area contributed by atoms with Crippen LogP contribution in [0, 0.1) is 11.7 Å². The van der Waals surface area contributed by atoms with Crippen molar-refractivity contribution in [3.8, 4) is 5.88 Å². The second-order valence-corrected chi connectivity index (χ2v) is 9.82. The van der Waals surface area contributed by atoms with Gasteiger partial charge in [0.15, 0.2) is 10.3 Å². The zero-order valence-corrected chi connectivity index (χ0v) is 20.4. The van der Waals surface area contributed by atoms with Crippen LogP contribution in [0.4, 0.5) is 5.69 Å². The minimum Gasteiger partial charge on any atom is -0.494 e. The fourth-order valence-electron chi connectivity index (χ4n) is 2.78. The predicted octanol–water partition coefficient (Wildman–Crippen LogP) is 2.43. The molecule has 0 saturated carbocycles. The summed E-state index contributed by atoms with van der Waals surface area (Å²) in [6.45, 7) is 1.64. The Morgan fingerprint density at radius 1 is 1.25 bits per heavy atom. The summed E-state index contributed by atoms with van der Waals surface area (Å²) in [5.74, 6) is -0.976. The molecule has 3 N–H and O–H groups in total. The number of aromatic nitrogens is 3. The molecule has 0 radical (unpaired) electrons. The van der Waals surface area contributed by atoms with E-state index in [1.165, 1.54) is 29.1 Å². The molecule has 3 rings (SSSR count). The highest BCUT2D eigenvalue weighted by molar-refractivity contribution is 7.91. The molecule has 0 aliphatic heterocycles. The predicted molar refractivity (Wildman–Crippen MR) is 127 cm³/mol. The molecule has 13 heteroatoms. The Kier molecular flexibility index (Phi) is 6.79. The first-order valence-corrected chi connectivity index (χ1v) is 11.7. The van der Waals surface area contributed by atoms with Crippen molar-refractivity contribution in [2.24, 2.45) is 4.40 Å². The molecule has 0 spiro atoms. The molecule has 0 atom stereocenters. The Morgan fingerprint density at radius 3 is 2.44 bits per heavy atom. The van der Waals surface area contributed by atoms with Gasteiger partial charge in [0.2, 0.25) is 5.88 Å². The number of anilines is 1. The summed E-state index contributed by atoms with van der Waals surface area (Å²) in [7, 11) is -0.703. The average molecular weight is 513 g/mol. The van der Waals surface area contributed by atoms with Crippen LogP contribution in [0.5, 0.6) is 5.88 Å². The van der Waals surface area contributed by atoms with Crippen LogP contribution in [0.1, 0.15) is 11.1 Å². The highest BCUT2D eigenvalue weighted by Crippen LogP contribution is 2.28. The number of H-pyrrole nitrogens is 2. The van der Waals surface area contributed by atoms with Gasteiger partial charge < -0.3 is 15.0 Å². The summed E-state index contributed by atoms with van der Waals surface area (Å²) < 4.78 is 31.5. The van der Waals surface area contributed by atoms with E-state index in [9.17, 15) is 18.3 Å². The number of thiol groups is 1. The summed E-state index contributed by atoms with van der Waals surface area (Å²) in [6, 6.07) is 6.11. The van der Waals surface area contributed by atoms with E-state index in [0.29, 0.717) is 10.6 Å². The maximum atomic E-state index is 13.2. The zero-order valence-electron chi connectivity index (χ0n) is 17.1. The van der Waals surface area contributed by atoms with E-state index in [0.717, 1.165) is 5.69 Å². The van der Waals surface area contributed by atoms with Crippen molar-refractivity contribution in [2.45, 2.75) is 16.7 Å². The van der Waals surface area contributed by atoms with Crippen LogP contribution in [-0.4, -0.2) is 43.4 Å². The van der Waals surface area contributed by atoms with Crippen molar-refractivity contribution < 1.29 is 18.1 Å². The Morgan fingerprint density at radius 2 is 1.88 bits per heavy atom. The zero-order chi connectivity index (χ0) is 23.8. The minimum atomic E-state index is -4.38. The van der Waals surface area contributed by atoms with Gasteiger partial charge in [0.25, 0.3) is 5.56 Å². The molecule has 1 aromatic carbocycles. The second kappa shape index (κ2) is 9.06. The SMILES string of the molecule is Cc1cc(S(=O)(=O)/N=C(/c2c(O)[nH]c(=S)[nH]c2=O)[n+]2ccc(N(C)C)cc2)c(S)cc1Cl. The van der Waals surface area contributed by atoms with Gasteiger partial charge in [0.05, 0.1) is 16.8 Å². The number of hydrogen-bond donors (Lipinski definition) is 4. The second-order valence-electron chi connectivity index (χ2n) is 6.95. The van der Waals surface area contributed by atoms with E-state index in [2.05, 4.69) is 27.0 Å². The van der Waals surface area contributed by atoms with Crippen molar-refractivity contribution in [1.82, 2.24) is 9.97 Å². The van der Waals surface area contributed by atoms with E-state index < -0.39 is 27.0 Å². The number of pyridine rings is 1. The molecule has 0 saturated heterocycles. The lowest BCUT2D eigenvalue weighted by Gasteiger charge is -2.11. The van der Waals surface area contributed by atoms with E-state index in [4.69, 9.17) is 23.8 Å². The third kappa shape index (κ3) is 4.88. The van der Waals surface area contributed by atoms with Crippen molar-refractivity contribution in [1.29, 1.82) is 0 Å². The van der Waals surface area contributed by atoms with Crippen molar-refractivity contribution in [3.63, 3.8) is 0 Å².